The van der Waals surface area contributed by atoms with Gasteiger partial charge in [0.05, 0.1) is 49.0 Å². The first kappa shape index (κ1) is 33.2. The molecule has 1 aliphatic rings. The number of nitrogens with one attached hydrogen (secondary N) is 2. The molecule has 1 unspecified atom stereocenters. The van der Waals surface area contributed by atoms with E-state index in [4.69, 9.17) is 10.00 Å². The van der Waals surface area contributed by atoms with Gasteiger partial charge in [-0.1, -0.05) is 18.2 Å². The van der Waals surface area contributed by atoms with Crippen LogP contribution in [0.5, 0.6) is 5.75 Å². The smallest absolute Gasteiger partial charge is 0.305 e. The molecule has 3 aromatic carbocycles. The van der Waals surface area contributed by atoms with Crippen LogP contribution in [0.25, 0.3) is 0 Å². The van der Waals surface area contributed by atoms with Crippen molar-refractivity contribution in [1.29, 1.82) is 5.26 Å². The Bertz CT molecular complexity index is 1810. The molecule has 12 nitrogen and oxygen atoms in total. The summed E-state index contributed by atoms with van der Waals surface area (Å²) >= 11 is 0. The first-order chi connectivity index (χ1) is 23.2. The van der Waals surface area contributed by atoms with E-state index in [1.807, 2.05) is 4.90 Å². The molecule has 0 bridgehead atoms. The Morgan fingerprint density at radius 3 is 2.29 bits per heavy atom. The van der Waals surface area contributed by atoms with Gasteiger partial charge in [-0.25, -0.2) is 0 Å². The number of hydrogen-bond donors (Lipinski definition) is 3. The minimum atomic E-state index is -1.08. The van der Waals surface area contributed by atoms with Crippen LogP contribution < -0.4 is 20.3 Å². The molecule has 4 aromatic rings. The number of piperazine rings is 1. The molecule has 3 N–H and O–H groups in total. The Morgan fingerprint density at radius 1 is 0.958 bits per heavy atom. The first-order valence-electron chi connectivity index (χ1n) is 15.3. The molecule has 48 heavy (non-hydrogen) atoms. The van der Waals surface area contributed by atoms with Crippen LogP contribution in [0.4, 0.5) is 11.4 Å². The number of amides is 3. The minimum absolute atomic E-state index is 0.0778. The summed E-state index contributed by atoms with van der Waals surface area (Å²) in [7, 11) is 1.57. The van der Waals surface area contributed by atoms with Crippen molar-refractivity contribution in [2.24, 2.45) is 0 Å². The zero-order valence-corrected chi connectivity index (χ0v) is 26.3. The van der Waals surface area contributed by atoms with E-state index in [1.54, 1.807) is 97.1 Å². The minimum Gasteiger partial charge on any atom is -0.497 e. The largest absolute Gasteiger partial charge is 0.497 e. The molecule has 0 saturated carbocycles. The number of aromatic nitrogens is 1. The zero-order valence-electron chi connectivity index (χ0n) is 26.3. The van der Waals surface area contributed by atoms with Gasteiger partial charge in [0.1, 0.15) is 5.75 Å². The van der Waals surface area contributed by atoms with Crippen LogP contribution >= 0.6 is 0 Å². The van der Waals surface area contributed by atoms with Gasteiger partial charge in [-0.15, -0.1) is 0 Å². The molecular formula is C36H34N6O6. The summed E-state index contributed by atoms with van der Waals surface area (Å²) in [5.41, 5.74) is 3.60. The lowest BCUT2D eigenvalue weighted by Gasteiger charge is -2.37. The topological polar surface area (TPSA) is 165 Å². The molecule has 244 valence electrons. The number of ether oxygens (including phenoxy) is 1. The Balaban J connectivity index is 1.36. The standard InChI is InChI=1S/C36H34N6O6/c1-48-29-11-6-24(7-12-29)19-33(43)39-31-20-27(35(46)40-30(21-34(44)45)28-3-2-14-38-23-28)10-13-32(31)41-15-17-42(18-16-41)36(47)26-8-4-25(22-37)5-9-26/h2-14,20,23,30H,15-19,21H2,1H3,(H,39,43)(H,40,46)(H,44,45). The fraction of sp³-hybridized carbons (Fsp3) is 0.222. The molecule has 12 heteroatoms. The van der Waals surface area contributed by atoms with Crippen LogP contribution in [0.2, 0.25) is 0 Å². The van der Waals surface area contributed by atoms with Gasteiger partial charge in [0.2, 0.25) is 5.91 Å². The number of nitriles is 1. The van der Waals surface area contributed by atoms with Gasteiger partial charge in [-0.2, -0.15) is 5.26 Å². The molecule has 2 heterocycles. The number of rotatable bonds is 11. The number of anilines is 2. The molecule has 3 amide bonds. The van der Waals surface area contributed by atoms with Gasteiger partial charge in [0, 0.05) is 49.7 Å². The summed E-state index contributed by atoms with van der Waals surface area (Å²) in [5, 5.41) is 24.3. The Labute approximate surface area is 277 Å². The van der Waals surface area contributed by atoms with Crippen molar-refractivity contribution >= 4 is 35.1 Å². The van der Waals surface area contributed by atoms with Crippen molar-refractivity contribution in [2.75, 3.05) is 43.5 Å². The van der Waals surface area contributed by atoms with E-state index in [0.717, 1.165) is 5.56 Å². The second-order valence-electron chi connectivity index (χ2n) is 11.2. The lowest BCUT2D eigenvalue weighted by atomic mass is 10.0. The first-order valence-corrected chi connectivity index (χ1v) is 15.3. The van der Waals surface area contributed by atoms with E-state index in [-0.39, 0.29) is 30.2 Å². The summed E-state index contributed by atoms with van der Waals surface area (Å²) in [5.74, 6) is -1.36. The molecule has 5 rings (SSSR count). The second kappa shape index (κ2) is 15.4. The van der Waals surface area contributed by atoms with Gasteiger partial charge in [0.25, 0.3) is 11.8 Å². The predicted molar refractivity (Wildman–Crippen MR) is 178 cm³/mol. The highest BCUT2D eigenvalue weighted by Gasteiger charge is 2.26. The highest BCUT2D eigenvalue weighted by molar-refractivity contribution is 6.01. The van der Waals surface area contributed by atoms with Crippen molar-refractivity contribution in [1.82, 2.24) is 15.2 Å². The quantitative estimate of drug-likeness (QED) is 0.218. The molecular weight excluding hydrogens is 612 g/mol. The number of aliphatic carboxylic acids is 1. The zero-order chi connectivity index (χ0) is 34.0. The number of carbonyl (C=O) groups is 4. The fourth-order valence-electron chi connectivity index (χ4n) is 5.45. The Kier molecular flexibility index (Phi) is 10.6. The van der Waals surface area contributed by atoms with E-state index < -0.39 is 17.9 Å². The van der Waals surface area contributed by atoms with Gasteiger partial charge in [-0.3, -0.25) is 24.2 Å². The number of hydrogen-bond acceptors (Lipinski definition) is 8. The van der Waals surface area contributed by atoms with Gasteiger partial charge >= 0.3 is 5.97 Å². The molecule has 1 fully saturated rings. The second-order valence-corrected chi connectivity index (χ2v) is 11.2. The van der Waals surface area contributed by atoms with Gasteiger partial charge < -0.3 is 30.3 Å². The molecule has 0 spiro atoms. The normalized spacial score (nSPS) is 13.2. The third-order valence-electron chi connectivity index (χ3n) is 8.00. The predicted octanol–water partition coefficient (Wildman–Crippen LogP) is 4.05. The van der Waals surface area contributed by atoms with Gasteiger partial charge in [0.15, 0.2) is 0 Å². The van der Waals surface area contributed by atoms with E-state index in [1.165, 1.54) is 6.20 Å². The summed E-state index contributed by atoms with van der Waals surface area (Å²) in [6.45, 7) is 1.78. The number of nitrogens with zero attached hydrogens (tertiary/aromatic N) is 4. The summed E-state index contributed by atoms with van der Waals surface area (Å²) in [6.07, 6.45) is 2.81. The molecule has 0 aliphatic carbocycles. The molecule has 1 aromatic heterocycles. The maximum absolute atomic E-state index is 13.5. The molecule has 0 radical (unpaired) electrons. The third kappa shape index (κ3) is 8.32. The fourth-order valence-corrected chi connectivity index (χ4v) is 5.45. The maximum atomic E-state index is 13.5. The SMILES string of the molecule is COc1ccc(CC(=O)Nc2cc(C(=O)NC(CC(=O)O)c3cccnc3)ccc2N2CCN(C(=O)c3ccc(C#N)cc3)CC2)cc1. The number of pyridine rings is 1. The van der Waals surface area contributed by atoms with Crippen molar-refractivity contribution in [3.8, 4) is 11.8 Å². The highest BCUT2D eigenvalue weighted by atomic mass is 16.5. The Morgan fingerprint density at radius 2 is 1.67 bits per heavy atom. The number of methoxy groups -OCH3 is 1. The van der Waals surface area contributed by atoms with Crippen LogP contribution in [0, 0.1) is 11.3 Å². The number of carboxylic acid groups (broad SMARTS) is 1. The van der Waals surface area contributed by atoms with E-state index in [0.29, 0.717) is 60.0 Å². The lowest BCUT2D eigenvalue weighted by Crippen LogP contribution is -2.49. The van der Waals surface area contributed by atoms with Crippen LogP contribution in [-0.4, -0.2) is 72.0 Å². The van der Waals surface area contributed by atoms with Crippen LogP contribution in [-0.2, 0) is 16.0 Å². The molecule has 1 aliphatic heterocycles. The monoisotopic (exact) mass is 646 g/mol. The van der Waals surface area contributed by atoms with Crippen molar-refractivity contribution in [3.63, 3.8) is 0 Å². The van der Waals surface area contributed by atoms with Crippen molar-refractivity contribution in [3.05, 3.63) is 119 Å². The Hall–Kier alpha value is -6.22. The third-order valence-corrected chi connectivity index (χ3v) is 8.00. The summed E-state index contributed by atoms with van der Waals surface area (Å²) < 4.78 is 5.21. The summed E-state index contributed by atoms with van der Waals surface area (Å²) in [4.78, 5) is 59.3. The lowest BCUT2D eigenvalue weighted by molar-refractivity contribution is -0.137. The van der Waals surface area contributed by atoms with Crippen molar-refractivity contribution < 1.29 is 29.0 Å². The number of benzene rings is 3. The average molecular weight is 647 g/mol. The average Bonchev–Trinajstić information content (AvgIpc) is 3.11. The van der Waals surface area contributed by atoms with Crippen molar-refractivity contribution in [2.45, 2.75) is 18.9 Å². The van der Waals surface area contributed by atoms with E-state index in [2.05, 4.69) is 21.7 Å². The van der Waals surface area contributed by atoms with Crippen LogP contribution in [0.15, 0.2) is 91.3 Å². The van der Waals surface area contributed by atoms with Crippen LogP contribution in [0.3, 0.4) is 0 Å². The van der Waals surface area contributed by atoms with Gasteiger partial charge in [-0.05, 0) is 71.8 Å². The van der Waals surface area contributed by atoms with E-state index in [9.17, 15) is 24.3 Å². The summed E-state index contributed by atoms with van der Waals surface area (Å²) in [6, 6.07) is 23.2. The number of carbonyl (C=O) groups excluding carboxylic acids is 3. The highest BCUT2D eigenvalue weighted by Crippen LogP contribution is 2.30. The molecule has 1 atom stereocenters. The molecule has 1 saturated heterocycles. The number of carboxylic acids is 1. The van der Waals surface area contributed by atoms with E-state index >= 15 is 0 Å². The maximum Gasteiger partial charge on any atom is 0.305 e. The van der Waals surface area contributed by atoms with Crippen LogP contribution in [0.1, 0.15) is 49.9 Å².